The van der Waals surface area contributed by atoms with E-state index in [1.807, 2.05) is 20.8 Å². The van der Waals surface area contributed by atoms with Crippen LogP contribution < -0.4 is 5.32 Å². The van der Waals surface area contributed by atoms with Crippen LogP contribution in [0, 0.1) is 12.7 Å². The van der Waals surface area contributed by atoms with Gasteiger partial charge in [-0.05, 0) is 25.3 Å². The molecule has 2 atom stereocenters. The Hall–Kier alpha value is -2.29. The second kappa shape index (κ2) is 7.85. The molecule has 0 spiro atoms. The predicted octanol–water partition coefficient (Wildman–Crippen LogP) is 3.58. The molecule has 1 fully saturated rings. The summed E-state index contributed by atoms with van der Waals surface area (Å²) in [7, 11) is 0. The summed E-state index contributed by atoms with van der Waals surface area (Å²) in [6.45, 7) is 6.77. The fraction of sp³-hybridized carbons (Fsp3) is 0.450. The molecule has 4 heterocycles. The lowest BCUT2D eigenvalue weighted by molar-refractivity contribution is -0.0136. The lowest BCUT2D eigenvalue weighted by Crippen LogP contribution is -2.42. The summed E-state index contributed by atoms with van der Waals surface area (Å²) in [5.74, 6) is 0.0519. The zero-order valence-electron chi connectivity index (χ0n) is 16.5. The Morgan fingerprint density at radius 3 is 2.90 bits per heavy atom. The van der Waals surface area contributed by atoms with Crippen LogP contribution in [0.2, 0.25) is 5.02 Å². The quantitative estimate of drug-likeness (QED) is 0.672. The Morgan fingerprint density at radius 2 is 2.17 bits per heavy atom. The molecule has 0 radical (unpaired) electrons. The Balaban J connectivity index is 1.76. The van der Waals surface area contributed by atoms with Gasteiger partial charge in [-0.2, -0.15) is 0 Å². The standard InChI is InChI=1S/C20H23ClFN5O2/c1-10(2)18-11(3)24-19-14(22)6-12(8-27(18)19)17-13(21)7-23-20(26-17)25-15-4-5-29-9-16(15)28/h6-8,10,15-16,28H,4-5,9H2,1-3H3,(H,23,25,26)/t15-,16-/m1/s1. The fourth-order valence-electron chi connectivity index (χ4n) is 3.76. The van der Waals surface area contributed by atoms with Crippen LogP contribution in [0.25, 0.3) is 16.9 Å². The third kappa shape index (κ3) is 3.80. The molecule has 1 aliphatic heterocycles. The Labute approximate surface area is 172 Å². The average Bonchev–Trinajstić information content (AvgIpc) is 3.02. The van der Waals surface area contributed by atoms with E-state index in [1.54, 1.807) is 10.6 Å². The Morgan fingerprint density at radius 1 is 1.38 bits per heavy atom. The normalized spacial score (nSPS) is 19.8. The van der Waals surface area contributed by atoms with Gasteiger partial charge in [0.2, 0.25) is 5.95 Å². The number of pyridine rings is 1. The number of aromatic nitrogens is 4. The molecule has 29 heavy (non-hydrogen) atoms. The summed E-state index contributed by atoms with van der Waals surface area (Å²) >= 11 is 6.34. The Kier molecular flexibility index (Phi) is 5.42. The van der Waals surface area contributed by atoms with Crippen molar-refractivity contribution in [2.45, 2.75) is 45.3 Å². The van der Waals surface area contributed by atoms with Crippen molar-refractivity contribution in [3.05, 3.63) is 40.7 Å². The van der Waals surface area contributed by atoms with E-state index in [-0.39, 0.29) is 24.2 Å². The largest absolute Gasteiger partial charge is 0.389 e. The van der Waals surface area contributed by atoms with Crippen LogP contribution in [0.5, 0.6) is 0 Å². The number of imidazole rings is 1. The summed E-state index contributed by atoms with van der Waals surface area (Å²) in [6, 6.07) is 1.16. The molecule has 1 aliphatic rings. The van der Waals surface area contributed by atoms with Gasteiger partial charge < -0.3 is 19.6 Å². The number of nitrogens with one attached hydrogen (secondary N) is 1. The van der Waals surface area contributed by atoms with Crippen molar-refractivity contribution in [3.8, 4) is 11.3 Å². The van der Waals surface area contributed by atoms with Crippen LogP contribution in [0.3, 0.4) is 0 Å². The molecule has 3 aromatic heterocycles. The van der Waals surface area contributed by atoms with Crippen molar-refractivity contribution in [2.24, 2.45) is 0 Å². The minimum Gasteiger partial charge on any atom is -0.389 e. The summed E-state index contributed by atoms with van der Waals surface area (Å²) in [4.78, 5) is 13.1. The van der Waals surface area contributed by atoms with Gasteiger partial charge in [0, 0.05) is 24.1 Å². The van der Waals surface area contributed by atoms with Crippen molar-refractivity contribution in [1.82, 2.24) is 19.4 Å². The molecular weight excluding hydrogens is 397 g/mol. The first-order valence-electron chi connectivity index (χ1n) is 9.58. The van der Waals surface area contributed by atoms with E-state index >= 15 is 0 Å². The summed E-state index contributed by atoms with van der Waals surface area (Å²) in [6.07, 6.45) is 3.26. The SMILES string of the molecule is Cc1nc2c(F)cc(-c3nc(N[C@@H]4CCOC[C@H]4O)ncc3Cl)cn2c1C(C)C. The number of nitrogens with zero attached hydrogens (tertiary/aromatic N) is 4. The number of hydrogen-bond acceptors (Lipinski definition) is 6. The number of rotatable bonds is 4. The van der Waals surface area contributed by atoms with Crippen LogP contribution in [-0.2, 0) is 4.74 Å². The fourth-order valence-corrected chi connectivity index (χ4v) is 3.96. The highest BCUT2D eigenvalue weighted by Crippen LogP contribution is 2.30. The summed E-state index contributed by atoms with van der Waals surface area (Å²) in [5.41, 5.74) is 2.95. The van der Waals surface area contributed by atoms with Gasteiger partial charge in [0.1, 0.15) is 0 Å². The summed E-state index contributed by atoms with van der Waals surface area (Å²) in [5, 5.41) is 13.5. The van der Waals surface area contributed by atoms with Gasteiger partial charge in [0.25, 0.3) is 0 Å². The van der Waals surface area contributed by atoms with Crippen molar-refractivity contribution in [1.29, 1.82) is 0 Å². The lowest BCUT2D eigenvalue weighted by Gasteiger charge is -2.28. The maximum absolute atomic E-state index is 14.8. The zero-order chi connectivity index (χ0) is 20.7. The third-order valence-corrected chi connectivity index (χ3v) is 5.38. The van der Waals surface area contributed by atoms with E-state index in [9.17, 15) is 9.50 Å². The van der Waals surface area contributed by atoms with Gasteiger partial charge in [0.05, 0.1) is 41.4 Å². The van der Waals surface area contributed by atoms with E-state index in [1.165, 1.54) is 12.3 Å². The van der Waals surface area contributed by atoms with Crippen molar-refractivity contribution < 1.29 is 14.2 Å². The average molecular weight is 420 g/mol. The number of anilines is 1. The first-order valence-corrected chi connectivity index (χ1v) is 9.96. The molecule has 0 unspecified atom stereocenters. The highest BCUT2D eigenvalue weighted by atomic mass is 35.5. The van der Waals surface area contributed by atoms with Gasteiger partial charge in [-0.1, -0.05) is 25.4 Å². The number of aliphatic hydroxyl groups is 1. The molecule has 7 nitrogen and oxygen atoms in total. The van der Waals surface area contributed by atoms with Crippen LogP contribution in [0.4, 0.5) is 10.3 Å². The molecule has 0 aromatic carbocycles. The van der Waals surface area contributed by atoms with Gasteiger partial charge in [0.15, 0.2) is 11.5 Å². The van der Waals surface area contributed by atoms with Crippen LogP contribution >= 0.6 is 11.6 Å². The first-order chi connectivity index (χ1) is 13.8. The maximum atomic E-state index is 14.8. The molecule has 4 rings (SSSR count). The molecule has 9 heteroatoms. The van der Waals surface area contributed by atoms with Crippen LogP contribution in [0.15, 0.2) is 18.5 Å². The number of ether oxygens (including phenoxy) is 1. The van der Waals surface area contributed by atoms with E-state index in [0.29, 0.717) is 35.3 Å². The zero-order valence-corrected chi connectivity index (χ0v) is 17.2. The van der Waals surface area contributed by atoms with Crippen molar-refractivity contribution in [3.63, 3.8) is 0 Å². The van der Waals surface area contributed by atoms with Crippen LogP contribution in [0.1, 0.15) is 37.6 Å². The van der Waals surface area contributed by atoms with Crippen molar-refractivity contribution in [2.75, 3.05) is 18.5 Å². The highest BCUT2D eigenvalue weighted by Gasteiger charge is 2.25. The van der Waals surface area contributed by atoms with E-state index in [2.05, 4.69) is 20.3 Å². The lowest BCUT2D eigenvalue weighted by atomic mass is 10.1. The molecule has 3 aromatic rings. The molecule has 0 saturated carbocycles. The molecule has 0 bridgehead atoms. The van der Waals surface area contributed by atoms with Gasteiger partial charge >= 0.3 is 0 Å². The number of aryl methyl sites for hydroxylation is 1. The number of halogens is 2. The van der Waals surface area contributed by atoms with E-state index in [4.69, 9.17) is 16.3 Å². The topological polar surface area (TPSA) is 84.6 Å². The second-order valence-electron chi connectivity index (χ2n) is 7.58. The van der Waals surface area contributed by atoms with Crippen molar-refractivity contribution >= 4 is 23.2 Å². The van der Waals surface area contributed by atoms with Gasteiger partial charge in [-0.25, -0.2) is 19.3 Å². The highest BCUT2D eigenvalue weighted by molar-refractivity contribution is 6.32. The number of fused-ring (bicyclic) bond motifs is 1. The van der Waals surface area contributed by atoms with E-state index < -0.39 is 11.9 Å². The van der Waals surface area contributed by atoms with Gasteiger partial charge in [-0.3, -0.25) is 0 Å². The maximum Gasteiger partial charge on any atom is 0.223 e. The Bertz CT molecular complexity index is 1060. The van der Waals surface area contributed by atoms with E-state index in [0.717, 1.165) is 11.4 Å². The molecule has 154 valence electrons. The van der Waals surface area contributed by atoms with Crippen LogP contribution in [-0.4, -0.2) is 49.8 Å². The minimum atomic E-state index is -0.650. The first kappa shape index (κ1) is 20.0. The third-order valence-electron chi connectivity index (χ3n) is 5.10. The summed E-state index contributed by atoms with van der Waals surface area (Å²) < 4.78 is 21.8. The second-order valence-corrected chi connectivity index (χ2v) is 7.99. The smallest absolute Gasteiger partial charge is 0.223 e. The van der Waals surface area contributed by atoms with Gasteiger partial charge in [-0.15, -0.1) is 0 Å². The predicted molar refractivity (Wildman–Crippen MR) is 109 cm³/mol. The number of hydrogen-bond donors (Lipinski definition) is 2. The minimum absolute atomic E-state index is 0.174. The molecule has 2 N–H and O–H groups in total. The number of aliphatic hydroxyl groups excluding tert-OH is 1. The molecular formula is C20H23ClFN5O2. The molecule has 0 aliphatic carbocycles. The molecule has 1 saturated heterocycles. The molecule has 0 amide bonds. The monoisotopic (exact) mass is 419 g/mol.